The Hall–Kier alpha value is -2.64. The molecule has 8 heteroatoms. The summed E-state index contributed by atoms with van der Waals surface area (Å²) in [7, 11) is 0. The van der Waals surface area contributed by atoms with Crippen LogP contribution in [-0.4, -0.2) is 21.6 Å². The van der Waals surface area contributed by atoms with Crippen LogP contribution < -0.4 is 10.6 Å². The summed E-state index contributed by atoms with van der Waals surface area (Å²) >= 11 is 7.21. The molecule has 0 unspecified atom stereocenters. The van der Waals surface area contributed by atoms with E-state index in [1.807, 2.05) is 37.3 Å². The number of hydrogen-bond acceptors (Lipinski definition) is 4. The molecule has 2 N–H and O–H groups in total. The minimum atomic E-state index is -0.215. The number of rotatable bonds is 6. The second-order valence-corrected chi connectivity index (χ2v) is 8.33. The van der Waals surface area contributed by atoms with E-state index < -0.39 is 0 Å². The van der Waals surface area contributed by atoms with Gasteiger partial charge < -0.3 is 10.6 Å². The molecule has 144 valence electrons. The van der Waals surface area contributed by atoms with Crippen molar-refractivity contribution >= 4 is 45.6 Å². The first-order chi connectivity index (χ1) is 13.5. The fraction of sp³-hybridized carbons (Fsp3) is 0.250. The lowest BCUT2D eigenvalue weighted by Gasteiger charge is -2.09. The van der Waals surface area contributed by atoms with E-state index in [4.69, 9.17) is 11.6 Å². The Morgan fingerprint density at radius 1 is 1.21 bits per heavy atom. The Labute approximate surface area is 171 Å². The Morgan fingerprint density at radius 2 is 1.96 bits per heavy atom. The topological polar surface area (TPSA) is 76.0 Å². The summed E-state index contributed by atoms with van der Waals surface area (Å²) in [6.45, 7) is 2.38. The number of aromatic nitrogens is 2. The van der Waals surface area contributed by atoms with Crippen LogP contribution in [0.3, 0.4) is 0 Å². The number of carbonyl (C=O) groups is 2. The van der Waals surface area contributed by atoms with Gasteiger partial charge >= 0.3 is 0 Å². The molecule has 2 heterocycles. The molecule has 0 spiro atoms. The molecule has 0 bridgehead atoms. The number of anilines is 2. The van der Waals surface area contributed by atoms with E-state index in [0.717, 1.165) is 24.0 Å². The van der Waals surface area contributed by atoms with E-state index >= 15 is 0 Å². The predicted molar refractivity (Wildman–Crippen MR) is 111 cm³/mol. The van der Waals surface area contributed by atoms with Crippen LogP contribution in [0.15, 0.2) is 42.6 Å². The molecule has 2 aromatic heterocycles. The van der Waals surface area contributed by atoms with Crippen molar-refractivity contribution in [3.8, 4) is 0 Å². The third kappa shape index (κ3) is 4.26. The molecule has 2 amide bonds. The van der Waals surface area contributed by atoms with Gasteiger partial charge in [0.2, 0.25) is 5.91 Å². The highest BCUT2D eigenvalue weighted by molar-refractivity contribution is 7.18. The molecule has 0 atom stereocenters. The Bertz CT molecular complexity index is 1020. The molecule has 28 heavy (non-hydrogen) atoms. The normalized spacial score (nSPS) is 13.4. The maximum Gasteiger partial charge on any atom is 0.267 e. The quantitative estimate of drug-likeness (QED) is 0.621. The molecule has 1 fully saturated rings. The van der Waals surface area contributed by atoms with Gasteiger partial charge in [0.15, 0.2) is 0 Å². The number of benzene rings is 1. The average Bonchev–Trinajstić information content (AvgIpc) is 3.34. The Morgan fingerprint density at radius 3 is 2.68 bits per heavy atom. The van der Waals surface area contributed by atoms with Gasteiger partial charge in [0.1, 0.15) is 5.82 Å². The van der Waals surface area contributed by atoms with Crippen molar-refractivity contribution < 1.29 is 9.59 Å². The smallest absolute Gasteiger partial charge is 0.267 e. The molecule has 1 aliphatic rings. The summed E-state index contributed by atoms with van der Waals surface area (Å²) in [4.78, 5) is 25.3. The molecule has 3 aromatic rings. The van der Waals surface area contributed by atoms with Crippen LogP contribution in [0, 0.1) is 12.8 Å². The van der Waals surface area contributed by atoms with Gasteiger partial charge in [-0.15, -0.1) is 11.3 Å². The second-order valence-electron chi connectivity index (χ2n) is 6.84. The molecule has 1 aromatic carbocycles. The van der Waals surface area contributed by atoms with Crippen LogP contribution in [0.4, 0.5) is 10.8 Å². The van der Waals surface area contributed by atoms with Gasteiger partial charge in [-0.3, -0.25) is 9.59 Å². The summed E-state index contributed by atoms with van der Waals surface area (Å²) in [6.07, 6.45) is 3.54. The van der Waals surface area contributed by atoms with E-state index in [9.17, 15) is 9.59 Å². The highest BCUT2D eigenvalue weighted by Gasteiger charge is 2.30. The van der Waals surface area contributed by atoms with Crippen molar-refractivity contribution in [3.63, 3.8) is 0 Å². The lowest BCUT2D eigenvalue weighted by atomic mass is 10.2. The van der Waals surface area contributed by atoms with Crippen molar-refractivity contribution in [2.45, 2.75) is 26.3 Å². The maximum atomic E-state index is 12.8. The monoisotopic (exact) mass is 414 g/mol. The van der Waals surface area contributed by atoms with Crippen molar-refractivity contribution in [2.75, 3.05) is 10.6 Å². The minimum absolute atomic E-state index is 0.0363. The molecule has 4 rings (SSSR count). The highest BCUT2D eigenvalue weighted by atomic mass is 35.5. The summed E-state index contributed by atoms with van der Waals surface area (Å²) in [5.41, 5.74) is 1.86. The number of carbonyl (C=O) groups excluding carboxylic acids is 2. The first-order valence-corrected chi connectivity index (χ1v) is 10.2. The molecule has 1 aliphatic carbocycles. The van der Waals surface area contributed by atoms with Crippen molar-refractivity contribution in [1.29, 1.82) is 0 Å². The molecule has 0 saturated heterocycles. The van der Waals surface area contributed by atoms with Crippen molar-refractivity contribution in [3.05, 3.63) is 63.6 Å². The van der Waals surface area contributed by atoms with Gasteiger partial charge in [-0.1, -0.05) is 23.7 Å². The summed E-state index contributed by atoms with van der Waals surface area (Å²) in [5, 5.41) is 11.5. The van der Waals surface area contributed by atoms with E-state index in [1.54, 1.807) is 16.9 Å². The van der Waals surface area contributed by atoms with E-state index in [2.05, 4.69) is 15.7 Å². The average molecular weight is 415 g/mol. The number of amides is 2. The summed E-state index contributed by atoms with van der Waals surface area (Å²) < 4.78 is 1.72. The van der Waals surface area contributed by atoms with Gasteiger partial charge in [0.25, 0.3) is 5.91 Å². The van der Waals surface area contributed by atoms with Crippen LogP contribution in [0.5, 0.6) is 0 Å². The van der Waals surface area contributed by atoms with Crippen LogP contribution in [0.2, 0.25) is 5.02 Å². The maximum absolute atomic E-state index is 12.8. The lowest BCUT2D eigenvalue weighted by Crippen LogP contribution is -2.16. The predicted octanol–water partition coefficient (Wildman–Crippen LogP) is 4.56. The summed E-state index contributed by atoms with van der Waals surface area (Å²) in [6, 6.07) is 11.1. The molecular weight excluding hydrogens is 396 g/mol. The first kappa shape index (κ1) is 18.7. The third-order valence-electron chi connectivity index (χ3n) is 4.52. The zero-order chi connectivity index (χ0) is 19.7. The Kier molecular flexibility index (Phi) is 5.19. The van der Waals surface area contributed by atoms with E-state index in [-0.39, 0.29) is 17.7 Å². The number of thiophene rings is 1. The van der Waals surface area contributed by atoms with Gasteiger partial charge in [-0.05, 0) is 49.1 Å². The zero-order valence-corrected chi connectivity index (χ0v) is 16.8. The van der Waals surface area contributed by atoms with Gasteiger partial charge in [0.05, 0.1) is 22.6 Å². The van der Waals surface area contributed by atoms with Crippen molar-refractivity contribution in [1.82, 2.24) is 9.78 Å². The summed E-state index contributed by atoms with van der Waals surface area (Å²) in [5.74, 6) is 0.555. The van der Waals surface area contributed by atoms with E-state index in [1.165, 1.54) is 11.3 Å². The molecule has 0 aliphatic heterocycles. The zero-order valence-electron chi connectivity index (χ0n) is 15.2. The van der Waals surface area contributed by atoms with Crippen LogP contribution in [-0.2, 0) is 11.3 Å². The lowest BCUT2D eigenvalue weighted by molar-refractivity contribution is -0.117. The molecule has 0 radical (unpaired) electrons. The van der Waals surface area contributed by atoms with Crippen LogP contribution >= 0.6 is 22.9 Å². The van der Waals surface area contributed by atoms with Gasteiger partial charge in [-0.2, -0.15) is 5.10 Å². The fourth-order valence-electron chi connectivity index (χ4n) is 2.84. The van der Waals surface area contributed by atoms with Gasteiger partial charge in [0, 0.05) is 17.0 Å². The number of nitrogens with one attached hydrogen (secondary N) is 2. The largest absolute Gasteiger partial charge is 0.317 e. The standard InChI is InChI=1S/C20H19ClN4O2S/c1-12-10-17(24-19(26)14-4-5-14)28-18(12)20(27)23-16-8-9-22-25(16)11-13-2-6-15(21)7-3-13/h2-3,6-10,14H,4-5,11H2,1H3,(H,23,27)(H,24,26). The SMILES string of the molecule is Cc1cc(NC(=O)C2CC2)sc1C(=O)Nc1ccnn1Cc1ccc(Cl)cc1. The first-order valence-electron chi connectivity index (χ1n) is 8.98. The van der Waals surface area contributed by atoms with Gasteiger partial charge in [-0.25, -0.2) is 4.68 Å². The molecular formula is C20H19ClN4O2S. The fourth-order valence-corrected chi connectivity index (χ4v) is 3.94. The minimum Gasteiger partial charge on any atom is -0.317 e. The van der Waals surface area contributed by atoms with Crippen LogP contribution in [0.25, 0.3) is 0 Å². The second kappa shape index (κ2) is 7.77. The number of aryl methyl sites for hydroxylation is 1. The third-order valence-corrected chi connectivity index (χ3v) is 5.93. The molecule has 1 saturated carbocycles. The number of nitrogens with zero attached hydrogens (tertiary/aromatic N) is 2. The highest BCUT2D eigenvalue weighted by Crippen LogP contribution is 2.33. The number of hydrogen-bond donors (Lipinski definition) is 2. The molecule has 6 nitrogen and oxygen atoms in total. The van der Waals surface area contributed by atoms with E-state index in [0.29, 0.717) is 27.3 Å². The van der Waals surface area contributed by atoms with Crippen LogP contribution in [0.1, 0.15) is 33.6 Å². The van der Waals surface area contributed by atoms with Crippen molar-refractivity contribution in [2.24, 2.45) is 5.92 Å². The number of halogens is 1. The Balaban J connectivity index is 1.45.